The predicted octanol–water partition coefficient (Wildman–Crippen LogP) is 15.6. The third-order valence-electron chi connectivity index (χ3n) is 11.6. The lowest BCUT2D eigenvalue weighted by molar-refractivity contribution is -0.154. The number of rotatable bonds is 51. The van der Waals surface area contributed by atoms with Crippen LogP contribution < -0.4 is 5.73 Å². The summed E-state index contributed by atoms with van der Waals surface area (Å²) in [5.74, 6) is -1.78. The van der Waals surface area contributed by atoms with Gasteiger partial charge in [-0.05, 0) is 70.6 Å². The Bertz CT molecular complexity index is 1160. The lowest BCUT2D eigenvalue weighted by atomic mass is 10.0. The van der Waals surface area contributed by atoms with E-state index in [1.165, 1.54) is 173 Å². The molecular formula is C53H100NO9P. The Hall–Kier alpha value is -1.81. The predicted molar refractivity (Wildman–Crippen MR) is 268 cm³/mol. The van der Waals surface area contributed by atoms with Crippen molar-refractivity contribution in [1.82, 2.24) is 0 Å². The second kappa shape index (κ2) is 49.1. The quantitative estimate of drug-likeness (QED) is 0.0232. The second-order valence-electron chi connectivity index (χ2n) is 18.0. The van der Waals surface area contributed by atoms with Gasteiger partial charge in [0.15, 0.2) is 0 Å². The smallest absolute Gasteiger partial charge is 0.472 e. The molecule has 0 aliphatic carbocycles. The number of aliphatic carboxylic acids is 1. The molecule has 10 nitrogen and oxygen atoms in total. The van der Waals surface area contributed by atoms with Gasteiger partial charge in [-0.1, -0.05) is 211 Å². The zero-order valence-electron chi connectivity index (χ0n) is 41.4. The highest BCUT2D eigenvalue weighted by molar-refractivity contribution is 7.47. The van der Waals surface area contributed by atoms with E-state index >= 15 is 0 Å². The van der Waals surface area contributed by atoms with Gasteiger partial charge < -0.3 is 25.2 Å². The number of carboxylic acid groups (broad SMARTS) is 1. The third-order valence-corrected chi connectivity index (χ3v) is 12.6. The lowest BCUT2D eigenvalue weighted by Crippen LogP contribution is -2.34. The Morgan fingerprint density at radius 1 is 0.500 bits per heavy atom. The van der Waals surface area contributed by atoms with Gasteiger partial charge in [0.25, 0.3) is 0 Å². The van der Waals surface area contributed by atoms with Crippen molar-refractivity contribution < 1.29 is 42.7 Å². The fourth-order valence-corrected chi connectivity index (χ4v) is 8.29. The SMILES string of the molecule is CCCCCCC/C=C\C/C=C\CCCCCCCCCCCCCCOCC(COP(=O)(O)OCC(N)C(=O)O)OC(=O)CCCCCCCCC/C=C\CCCCCCCCC. The van der Waals surface area contributed by atoms with E-state index in [2.05, 4.69) is 50.3 Å². The van der Waals surface area contributed by atoms with E-state index in [0.29, 0.717) is 13.0 Å². The number of carbonyl (C=O) groups excluding carboxylic acids is 1. The van der Waals surface area contributed by atoms with Crippen LogP contribution >= 0.6 is 7.82 Å². The van der Waals surface area contributed by atoms with Crippen molar-refractivity contribution in [1.29, 1.82) is 0 Å². The number of allylic oxidation sites excluding steroid dienone is 6. The molecule has 0 saturated carbocycles. The van der Waals surface area contributed by atoms with E-state index in [1.54, 1.807) is 0 Å². The summed E-state index contributed by atoms with van der Waals surface area (Å²) in [5.41, 5.74) is 5.38. The molecule has 0 amide bonds. The number of phosphoric ester groups is 1. The fourth-order valence-electron chi connectivity index (χ4n) is 7.51. The molecule has 0 rings (SSSR count). The number of unbranched alkanes of at least 4 members (excludes halogenated alkanes) is 31. The number of hydrogen-bond donors (Lipinski definition) is 3. The van der Waals surface area contributed by atoms with Gasteiger partial charge in [-0.25, -0.2) is 4.57 Å². The molecule has 0 aromatic rings. The average Bonchev–Trinajstić information content (AvgIpc) is 3.28. The molecule has 3 atom stereocenters. The number of nitrogens with two attached hydrogens (primary N) is 1. The van der Waals surface area contributed by atoms with Crippen LogP contribution in [-0.2, 0) is 32.7 Å². The second-order valence-corrected chi connectivity index (χ2v) is 19.5. The standard InChI is InChI=1S/C53H100NO9P/c1-3-5-7-9-11-13-15-17-19-21-23-24-25-26-27-28-30-32-34-36-38-40-42-44-46-60-47-50(48-61-64(58,59)62-49-51(54)53(56)57)63-52(55)45-43-41-39-37-35-33-31-29-22-20-18-16-14-12-10-8-6-4-2/h15,17,20-23,50-51H,3-14,16,18-19,24-49,54H2,1-2H3,(H,56,57)(H,58,59)/b17-15-,22-20-,23-21-. The van der Waals surface area contributed by atoms with Crippen molar-refractivity contribution in [3.05, 3.63) is 36.5 Å². The number of esters is 1. The van der Waals surface area contributed by atoms with Crippen LogP contribution in [0.4, 0.5) is 0 Å². The molecular weight excluding hydrogens is 826 g/mol. The van der Waals surface area contributed by atoms with Crippen LogP contribution in [0.25, 0.3) is 0 Å². The minimum Gasteiger partial charge on any atom is -0.480 e. The maximum Gasteiger partial charge on any atom is 0.472 e. The Kier molecular flexibility index (Phi) is 47.7. The maximum absolute atomic E-state index is 12.7. The van der Waals surface area contributed by atoms with Gasteiger partial charge in [0.2, 0.25) is 0 Å². The summed E-state index contributed by atoms with van der Waals surface area (Å²) in [5, 5.41) is 8.93. The van der Waals surface area contributed by atoms with Crippen LogP contribution in [0, 0.1) is 0 Å². The van der Waals surface area contributed by atoms with Crippen molar-refractivity contribution in [3.63, 3.8) is 0 Å². The summed E-state index contributed by atoms with van der Waals surface area (Å²) < 4.78 is 33.5. The molecule has 0 heterocycles. The van der Waals surface area contributed by atoms with Crippen LogP contribution in [0.2, 0.25) is 0 Å². The summed E-state index contributed by atoms with van der Waals surface area (Å²) in [6.45, 7) is 3.90. The molecule has 0 aromatic heterocycles. The molecule has 11 heteroatoms. The minimum atomic E-state index is -4.62. The van der Waals surface area contributed by atoms with Crippen LogP contribution in [0.15, 0.2) is 36.5 Å². The largest absolute Gasteiger partial charge is 0.480 e. The van der Waals surface area contributed by atoms with Crippen LogP contribution in [0.3, 0.4) is 0 Å². The first-order valence-electron chi connectivity index (χ1n) is 26.5. The molecule has 4 N–H and O–H groups in total. The van der Waals surface area contributed by atoms with Gasteiger partial charge in [-0.3, -0.25) is 18.6 Å². The molecule has 64 heavy (non-hydrogen) atoms. The molecule has 3 unspecified atom stereocenters. The monoisotopic (exact) mass is 926 g/mol. The molecule has 0 aliphatic rings. The van der Waals surface area contributed by atoms with Crippen molar-refractivity contribution in [3.8, 4) is 0 Å². The first kappa shape index (κ1) is 62.2. The van der Waals surface area contributed by atoms with E-state index in [4.69, 9.17) is 29.4 Å². The van der Waals surface area contributed by atoms with Gasteiger partial charge in [0, 0.05) is 13.0 Å². The lowest BCUT2D eigenvalue weighted by Gasteiger charge is -2.20. The Balaban J connectivity index is 4.10. The fraction of sp³-hybridized carbons (Fsp3) is 0.849. The summed E-state index contributed by atoms with van der Waals surface area (Å²) in [6, 6.07) is -1.47. The third kappa shape index (κ3) is 48.1. The van der Waals surface area contributed by atoms with Gasteiger partial charge in [0.05, 0.1) is 19.8 Å². The van der Waals surface area contributed by atoms with Crippen molar-refractivity contribution in [2.24, 2.45) is 5.73 Å². The molecule has 376 valence electrons. The molecule has 0 aromatic carbocycles. The van der Waals surface area contributed by atoms with Crippen molar-refractivity contribution in [2.75, 3.05) is 26.4 Å². The first-order valence-corrected chi connectivity index (χ1v) is 28.0. The van der Waals surface area contributed by atoms with Crippen molar-refractivity contribution >= 4 is 19.8 Å². The highest BCUT2D eigenvalue weighted by Crippen LogP contribution is 2.43. The summed E-state index contributed by atoms with van der Waals surface area (Å²) >= 11 is 0. The van der Waals surface area contributed by atoms with Crippen LogP contribution in [0.1, 0.15) is 251 Å². The molecule has 0 fully saturated rings. The van der Waals surface area contributed by atoms with Crippen LogP contribution in [-0.4, -0.2) is 60.5 Å². The van der Waals surface area contributed by atoms with E-state index in [1.807, 2.05) is 0 Å². The summed E-state index contributed by atoms with van der Waals surface area (Å²) in [7, 11) is -4.62. The minimum absolute atomic E-state index is 0.0162. The Morgan fingerprint density at radius 3 is 1.28 bits per heavy atom. The van der Waals surface area contributed by atoms with E-state index < -0.39 is 45.1 Å². The zero-order chi connectivity index (χ0) is 46.9. The number of phosphoric acid groups is 1. The summed E-state index contributed by atoms with van der Waals surface area (Å²) in [4.78, 5) is 33.7. The maximum atomic E-state index is 12.7. The number of carboxylic acids is 1. The molecule has 0 saturated heterocycles. The normalized spacial score (nSPS) is 13.9. The zero-order valence-corrected chi connectivity index (χ0v) is 42.3. The Morgan fingerprint density at radius 2 is 0.859 bits per heavy atom. The Labute approximate surface area is 393 Å². The molecule has 0 spiro atoms. The van der Waals surface area contributed by atoms with Gasteiger partial charge in [-0.2, -0.15) is 0 Å². The molecule has 0 radical (unpaired) electrons. The average molecular weight is 926 g/mol. The number of carbonyl (C=O) groups is 2. The van der Waals surface area contributed by atoms with E-state index in [0.717, 1.165) is 51.4 Å². The topological polar surface area (TPSA) is 155 Å². The first-order chi connectivity index (χ1) is 31.2. The van der Waals surface area contributed by atoms with Crippen molar-refractivity contribution in [2.45, 2.75) is 264 Å². The van der Waals surface area contributed by atoms with E-state index in [-0.39, 0.29) is 13.0 Å². The summed E-state index contributed by atoms with van der Waals surface area (Å²) in [6.07, 6.45) is 57.7. The van der Waals surface area contributed by atoms with Gasteiger partial charge >= 0.3 is 19.8 Å². The van der Waals surface area contributed by atoms with Gasteiger partial charge in [-0.15, -0.1) is 0 Å². The number of hydrogen-bond acceptors (Lipinski definition) is 8. The molecule has 0 aliphatic heterocycles. The van der Waals surface area contributed by atoms with Gasteiger partial charge in [0.1, 0.15) is 12.1 Å². The van der Waals surface area contributed by atoms with E-state index in [9.17, 15) is 19.0 Å². The molecule has 0 bridgehead atoms. The number of ether oxygens (including phenoxy) is 2. The highest BCUT2D eigenvalue weighted by Gasteiger charge is 2.27. The van der Waals surface area contributed by atoms with Crippen LogP contribution in [0.5, 0.6) is 0 Å². The highest BCUT2D eigenvalue weighted by atomic mass is 31.2.